The van der Waals surface area contributed by atoms with Gasteiger partial charge in [0.15, 0.2) is 11.6 Å². The highest BCUT2D eigenvalue weighted by Gasteiger charge is 2.19. The number of nitrogens with zero attached hydrogens (tertiary/aromatic N) is 4. The molecule has 6 rings (SSSR count). The molecule has 4 aromatic carbocycles. The van der Waals surface area contributed by atoms with Gasteiger partial charge in [0.1, 0.15) is 16.5 Å². The molecule has 0 atom stereocenters. The van der Waals surface area contributed by atoms with Crippen LogP contribution in [0.4, 0.5) is 0 Å². The summed E-state index contributed by atoms with van der Waals surface area (Å²) in [5, 5.41) is 26.5. The lowest BCUT2D eigenvalue weighted by molar-refractivity contribution is 0.476. The first kappa shape index (κ1) is 20.1. The maximum atomic E-state index is 10.5. The molecule has 0 aliphatic carbocycles. The van der Waals surface area contributed by atoms with Gasteiger partial charge in [0, 0.05) is 5.56 Å². The molecule has 0 spiro atoms. The van der Waals surface area contributed by atoms with E-state index in [-0.39, 0.29) is 11.5 Å². The maximum absolute atomic E-state index is 10.5. The Morgan fingerprint density at radius 2 is 1.29 bits per heavy atom. The van der Waals surface area contributed by atoms with E-state index in [4.69, 9.17) is 4.98 Å². The predicted molar refractivity (Wildman–Crippen MR) is 134 cm³/mol. The summed E-state index contributed by atoms with van der Waals surface area (Å²) < 4.78 is 2.82. The number of aromatic hydroxyl groups is 2. The highest BCUT2D eigenvalue weighted by Crippen LogP contribution is 2.34. The Bertz CT molecular complexity index is 1600. The molecule has 0 saturated heterocycles. The number of aromatic nitrogens is 4. The zero-order chi connectivity index (χ0) is 23.1. The van der Waals surface area contributed by atoms with Crippen LogP contribution >= 0.6 is 11.3 Å². The number of hydrogen-bond donors (Lipinski definition) is 2. The molecule has 2 heterocycles. The van der Waals surface area contributed by atoms with Crippen molar-refractivity contribution < 1.29 is 10.2 Å². The second-order valence-corrected chi connectivity index (χ2v) is 8.77. The lowest BCUT2D eigenvalue weighted by Gasteiger charge is -2.08. The molecule has 0 bridgehead atoms. The summed E-state index contributed by atoms with van der Waals surface area (Å²) >= 11 is 1.65. The molecule has 0 amide bonds. The number of para-hydroxylation sites is 3. The molecule has 0 fully saturated rings. The maximum Gasteiger partial charge on any atom is 0.185 e. The van der Waals surface area contributed by atoms with Gasteiger partial charge in [-0.25, -0.2) is 14.6 Å². The largest absolute Gasteiger partial charge is 0.507 e. The van der Waals surface area contributed by atoms with Gasteiger partial charge in [0.25, 0.3) is 0 Å². The molecule has 0 aliphatic rings. The van der Waals surface area contributed by atoms with Crippen LogP contribution in [0.2, 0.25) is 0 Å². The van der Waals surface area contributed by atoms with Crippen molar-refractivity contribution in [2.75, 3.05) is 0 Å². The molecule has 164 valence electrons. The Hall–Kier alpha value is -4.49. The fourth-order valence-corrected chi connectivity index (χ4v) is 4.82. The summed E-state index contributed by atoms with van der Waals surface area (Å²) in [6, 6.07) is 29.9. The molecule has 0 radical (unpaired) electrons. The smallest absolute Gasteiger partial charge is 0.185 e. The van der Waals surface area contributed by atoms with Crippen LogP contribution in [0, 0.1) is 0 Å². The van der Waals surface area contributed by atoms with Gasteiger partial charge in [0.2, 0.25) is 0 Å². The average molecular weight is 463 g/mol. The number of thiazole rings is 1. The van der Waals surface area contributed by atoms with E-state index in [1.807, 2.05) is 54.6 Å². The number of benzene rings is 4. The molecule has 0 aliphatic heterocycles. The van der Waals surface area contributed by atoms with E-state index in [1.54, 1.807) is 52.4 Å². The van der Waals surface area contributed by atoms with Crippen molar-refractivity contribution in [1.29, 1.82) is 0 Å². The molecular weight excluding hydrogens is 444 g/mol. The van der Waals surface area contributed by atoms with Crippen LogP contribution in [0.5, 0.6) is 11.5 Å². The second kappa shape index (κ2) is 8.13. The van der Waals surface area contributed by atoms with Gasteiger partial charge in [-0.2, -0.15) is 0 Å². The minimum absolute atomic E-state index is 0.0923. The van der Waals surface area contributed by atoms with E-state index in [2.05, 4.69) is 16.1 Å². The third-order valence-corrected chi connectivity index (χ3v) is 6.64. The van der Waals surface area contributed by atoms with E-state index in [1.165, 1.54) is 0 Å². The lowest BCUT2D eigenvalue weighted by Crippen LogP contribution is -2.00. The third kappa shape index (κ3) is 3.48. The van der Waals surface area contributed by atoms with Crippen molar-refractivity contribution in [3.8, 4) is 50.5 Å². The van der Waals surface area contributed by atoms with Gasteiger partial charge in [-0.1, -0.05) is 36.4 Å². The first-order chi connectivity index (χ1) is 16.7. The SMILES string of the molecule is Oc1ccccc1-c1nc(-c2ccccc2O)n(-c2ccc(-c3nc4ccccc4s3)cc2)n1. The molecule has 0 saturated carbocycles. The van der Waals surface area contributed by atoms with Crippen molar-refractivity contribution in [3.63, 3.8) is 0 Å². The second-order valence-electron chi connectivity index (χ2n) is 7.74. The Morgan fingerprint density at radius 1 is 0.647 bits per heavy atom. The van der Waals surface area contributed by atoms with Gasteiger partial charge in [0.05, 0.1) is 27.0 Å². The van der Waals surface area contributed by atoms with E-state index in [9.17, 15) is 10.2 Å². The fourth-order valence-electron chi connectivity index (χ4n) is 3.85. The highest BCUT2D eigenvalue weighted by atomic mass is 32.1. The first-order valence-electron chi connectivity index (χ1n) is 10.7. The van der Waals surface area contributed by atoms with Gasteiger partial charge in [-0.05, 0) is 60.7 Å². The van der Waals surface area contributed by atoms with Crippen LogP contribution in [0.15, 0.2) is 97.1 Å². The molecule has 6 aromatic rings. The predicted octanol–water partition coefficient (Wildman–Crippen LogP) is 6.29. The monoisotopic (exact) mass is 462 g/mol. The van der Waals surface area contributed by atoms with Gasteiger partial charge < -0.3 is 10.2 Å². The molecule has 7 heteroatoms. The average Bonchev–Trinajstić information content (AvgIpc) is 3.50. The van der Waals surface area contributed by atoms with Crippen molar-refractivity contribution in [2.45, 2.75) is 0 Å². The molecule has 2 aromatic heterocycles. The Kier molecular flexibility index (Phi) is 4.82. The quantitative estimate of drug-likeness (QED) is 0.322. The van der Waals surface area contributed by atoms with Gasteiger partial charge in [-0.15, -0.1) is 16.4 Å². The summed E-state index contributed by atoms with van der Waals surface area (Å²) in [4.78, 5) is 9.42. The molecule has 0 unspecified atom stereocenters. The summed E-state index contributed by atoms with van der Waals surface area (Å²) in [7, 11) is 0. The van der Waals surface area contributed by atoms with Crippen molar-refractivity contribution in [2.24, 2.45) is 0 Å². The number of phenols is 2. The third-order valence-electron chi connectivity index (χ3n) is 5.55. The summed E-state index contributed by atoms with van der Waals surface area (Å²) in [6.45, 7) is 0. The van der Waals surface area contributed by atoms with E-state index in [0.717, 1.165) is 26.5 Å². The van der Waals surface area contributed by atoms with Crippen molar-refractivity contribution in [1.82, 2.24) is 19.7 Å². The molecule has 2 N–H and O–H groups in total. The first-order valence-corrected chi connectivity index (χ1v) is 11.5. The summed E-state index contributed by atoms with van der Waals surface area (Å²) in [5.41, 5.74) is 3.83. The number of fused-ring (bicyclic) bond motifs is 1. The summed E-state index contributed by atoms with van der Waals surface area (Å²) in [6.07, 6.45) is 0. The minimum atomic E-state index is 0.0923. The van der Waals surface area contributed by atoms with Crippen LogP contribution in [0.3, 0.4) is 0 Å². The van der Waals surface area contributed by atoms with Gasteiger partial charge >= 0.3 is 0 Å². The molecule has 6 nitrogen and oxygen atoms in total. The van der Waals surface area contributed by atoms with Crippen LogP contribution in [0.1, 0.15) is 0 Å². The van der Waals surface area contributed by atoms with Crippen molar-refractivity contribution in [3.05, 3.63) is 97.1 Å². The van der Waals surface area contributed by atoms with Gasteiger partial charge in [-0.3, -0.25) is 0 Å². The lowest BCUT2D eigenvalue weighted by atomic mass is 10.1. The zero-order valence-corrected chi connectivity index (χ0v) is 18.6. The Morgan fingerprint density at radius 3 is 2.00 bits per heavy atom. The fraction of sp³-hybridized carbons (Fsp3) is 0. The normalized spacial score (nSPS) is 11.2. The summed E-state index contributed by atoms with van der Waals surface area (Å²) in [5.74, 6) is 1.04. The number of rotatable bonds is 4. The van der Waals surface area contributed by atoms with Crippen LogP contribution in [-0.2, 0) is 0 Å². The van der Waals surface area contributed by atoms with Crippen LogP contribution < -0.4 is 0 Å². The van der Waals surface area contributed by atoms with Crippen molar-refractivity contribution >= 4 is 21.6 Å². The van der Waals surface area contributed by atoms with Crippen LogP contribution in [-0.4, -0.2) is 30.0 Å². The van der Waals surface area contributed by atoms with Crippen LogP contribution in [0.25, 0.3) is 49.3 Å². The number of phenolic OH excluding ortho intramolecular Hbond substituents is 2. The van der Waals surface area contributed by atoms with E-state index in [0.29, 0.717) is 22.8 Å². The molecular formula is C27H18N4O2S. The van der Waals surface area contributed by atoms with E-state index < -0.39 is 0 Å². The highest BCUT2D eigenvalue weighted by molar-refractivity contribution is 7.21. The minimum Gasteiger partial charge on any atom is -0.507 e. The molecule has 34 heavy (non-hydrogen) atoms. The Balaban J connectivity index is 1.47. The standard InChI is InChI=1S/C27H18N4O2S/c32-22-10-4-1-7-19(22)25-29-26(20-8-2-5-11-23(20)33)31(30-25)18-15-13-17(14-16-18)27-28-21-9-3-6-12-24(21)34-27/h1-16,32-33H. The van der Waals surface area contributed by atoms with E-state index >= 15 is 0 Å². The number of hydrogen-bond acceptors (Lipinski definition) is 6. The Labute approximate surface area is 199 Å². The topological polar surface area (TPSA) is 84.1 Å². The zero-order valence-electron chi connectivity index (χ0n) is 17.8.